The van der Waals surface area contributed by atoms with Gasteiger partial charge in [0.25, 0.3) is 11.9 Å². The van der Waals surface area contributed by atoms with E-state index in [0.717, 1.165) is 27.9 Å². The molecule has 2 N–H and O–H groups in total. The molecule has 0 saturated carbocycles. The lowest BCUT2D eigenvalue weighted by Crippen LogP contribution is -2.30. The first-order chi connectivity index (χ1) is 17.2. The van der Waals surface area contributed by atoms with Crippen molar-refractivity contribution >= 4 is 28.7 Å². The molecule has 10 heteroatoms. The van der Waals surface area contributed by atoms with Crippen molar-refractivity contribution in [2.45, 2.75) is 34.6 Å². The molecule has 36 heavy (non-hydrogen) atoms. The topological polar surface area (TPSA) is 115 Å². The Hall–Kier alpha value is -4.34. The van der Waals surface area contributed by atoms with Crippen molar-refractivity contribution in [3.05, 3.63) is 64.5 Å². The van der Waals surface area contributed by atoms with Crippen LogP contribution >= 0.6 is 0 Å². The molecule has 10 nitrogen and oxygen atoms in total. The first-order valence-corrected chi connectivity index (χ1v) is 11.8. The van der Waals surface area contributed by atoms with Gasteiger partial charge < -0.3 is 14.1 Å². The van der Waals surface area contributed by atoms with E-state index in [9.17, 15) is 9.59 Å². The molecule has 3 heterocycles. The molecule has 0 saturated heterocycles. The molecule has 0 bridgehead atoms. The molecule has 0 aliphatic rings. The fraction of sp³-hybridized carbons (Fsp3) is 0.308. The van der Waals surface area contributed by atoms with Crippen LogP contribution in [0.5, 0.6) is 11.7 Å². The number of pyridine rings is 1. The molecule has 0 spiro atoms. The molecular formula is C26H30N6O4. The van der Waals surface area contributed by atoms with Crippen molar-refractivity contribution in [3.8, 4) is 11.7 Å². The first-order valence-electron chi connectivity index (χ1n) is 11.8. The van der Waals surface area contributed by atoms with E-state index in [2.05, 4.69) is 20.9 Å². The van der Waals surface area contributed by atoms with Crippen LogP contribution in [0.4, 0.5) is 5.82 Å². The number of benzene rings is 1. The molecule has 0 atom stereocenters. The number of amides is 2. The summed E-state index contributed by atoms with van der Waals surface area (Å²) >= 11 is 0. The summed E-state index contributed by atoms with van der Waals surface area (Å²) in [7, 11) is 1.82. The Morgan fingerprint density at radius 1 is 1.06 bits per heavy atom. The number of aryl methyl sites for hydroxylation is 4. The molecule has 0 unspecified atom stereocenters. The maximum Gasteiger partial charge on any atom is 0.305 e. The molecule has 0 fully saturated rings. The lowest BCUT2D eigenvalue weighted by Gasteiger charge is -2.19. The average Bonchev–Trinajstić information content (AvgIpc) is 3.43. The third kappa shape index (κ3) is 4.88. The van der Waals surface area contributed by atoms with Crippen LogP contribution in [-0.2, 0) is 7.05 Å². The van der Waals surface area contributed by atoms with Gasteiger partial charge in [-0.3, -0.25) is 25.1 Å². The molecular weight excluding hydrogens is 460 g/mol. The fourth-order valence-corrected chi connectivity index (χ4v) is 4.05. The predicted octanol–water partition coefficient (Wildman–Crippen LogP) is 4.52. The van der Waals surface area contributed by atoms with Crippen LogP contribution in [0.2, 0.25) is 0 Å². The van der Waals surface area contributed by atoms with Crippen LogP contribution in [0.25, 0.3) is 11.0 Å². The molecule has 3 aromatic heterocycles. The minimum atomic E-state index is -0.493. The first kappa shape index (κ1) is 24.8. The molecule has 4 rings (SSSR count). The number of ether oxygens (including phenoxy) is 1. The third-order valence-electron chi connectivity index (χ3n) is 5.97. The summed E-state index contributed by atoms with van der Waals surface area (Å²) in [6, 6.07) is 10.2. The van der Waals surface area contributed by atoms with Gasteiger partial charge in [0.2, 0.25) is 0 Å². The standard InChI is InChI=1S/C26H30N6O4/c1-7-32(8-2)26(34)18-10-9-15(3)20(14-18)36-22-12-11-19(35-22)25(33)29-28-21-13-16(4)23-17(5)30-31(6)24(23)27-21/h9-14H,7-8H2,1-6H3,(H,27,28)(H,29,33). The number of hydrazine groups is 1. The Balaban J connectivity index is 1.45. The average molecular weight is 491 g/mol. The van der Waals surface area contributed by atoms with Crippen LogP contribution in [-0.4, -0.2) is 44.6 Å². The van der Waals surface area contributed by atoms with Gasteiger partial charge in [-0.1, -0.05) is 6.07 Å². The van der Waals surface area contributed by atoms with E-state index in [-0.39, 0.29) is 17.6 Å². The fourth-order valence-electron chi connectivity index (χ4n) is 4.05. The Bertz CT molecular complexity index is 1430. The molecule has 4 aromatic rings. The predicted molar refractivity (Wildman–Crippen MR) is 136 cm³/mol. The van der Waals surface area contributed by atoms with Gasteiger partial charge in [0, 0.05) is 37.2 Å². The van der Waals surface area contributed by atoms with Gasteiger partial charge in [-0.15, -0.1) is 0 Å². The summed E-state index contributed by atoms with van der Waals surface area (Å²) in [5.74, 6) is 0.583. The van der Waals surface area contributed by atoms with Crippen LogP contribution in [0.3, 0.4) is 0 Å². The minimum Gasteiger partial charge on any atom is -0.426 e. The maximum atomic E-state index is 12.7. The Morgan fingerprint density at radius 2 is 1.81 bits per heavy atom. The Kier molecular flexibility index (Phi) is 6.96. The van der Waals surface area contributed by atoms with Gasteiger partial charge in [-0.25, -0.2) is 4.98 Å². The highest BCUT2D eigenvalue weighted by atomic mass is 16.6. The molecule has 0 aliphatic heterocycles. The van der Waals surface area contributed by atoms with Gasteiger partial charge in [0.05, 0.1) is 5.69 Å². The van der Waals surface area contributed by atoms with E-state index in [1.807, 2.05) is 53.8 Å². The summed E-state index contributed by atoms with van der Waals surface area (Å²) < 4.78 is 13.2. The smallest absolute Gasteiger partial charge is 0.305 e. The van der Waals surface area contributed by atoms with E-state index in [1.54, 1.807) is 27.8 Å². The number of nitrogens with one attached hydrogen (secondary N) is 2. The number of hydrogen-bond donors (Lipinski definition) is 2. The number of carbonyl (C=O) groups is 2. The zero-order valence-corrected chi connectivity index (χ0v) is 21.3. The van der Waals surface area contributed by atoms with Crippen molar-refractivity contribution in [2.24, 2.45) is 7.05 Å². The van der Waals surface area contributed by atoms with Crippen molar-refractivity contribution in [1.29, 1.82) is 0 Å². The van der Waals surface area contributed by atoms with Crippen LogP contribution < -0.4 is 15.6 Å². The second kappa shape index (κ2) is 10.1. The molecule has 188 valence electrons. The molecule has 2 amide bonds. The summed E-state index contributed by atoms with van der Waals surface area (Å²) in [6.45, 7) is 10.9. The lowest BCUT2D eigenvalue weighted by molar-refractivity contribution is 0.0772. The zero-order valence-electron chi connectivity index (χ0n) is 21.3. The Morgan fingerprint density at radius 3 is 2.53 bits per heavy atom. The molecule has 0 radical (unpaired) electrons. The number of furan rings is 1. The highest BCUT2D eigenvalue weighted by Crippen LogP contribution is 2.28. The third-order valence-corrected chi connectivity index (χ3v) is 5.97. The van der Waals surface area contributed by atoms with Gasteiger partial charge in [-0.05, 0) is 70.0 Å². The lowest BCUT2D eigenvalue weighted by atomic mass is 10.1. The number of nitrogens with zero attached hydrogens (tertiary/aromatic N) is 4. The number of carbonyl (C=O) groups excluding carboxylic acids is 2. The van der Waals surface area contributed by atoms with E-state index in [4.69, 9.17) is 9.15 Å². The highest BCUT2D eigenvalue weighted by molar-refractivity contribution is 5.95. The van der Waals surface area contributed by atoms with E-state index < -0.39 is 5.91 Å². The number of anilines is 1. The Labute approximate surface area is 209 Å². The number of fused-ring (bicyclic) bond motifs is 1. The summed E-state index contributed by atoms with van der Waals surface area (Å²) in [6.07, 6.45) is 0. The van der Waals surface area contributed by atoms with Gasteiger partial charge in [0.15, 0.2) is 11.4 Å². The normalized spacial score (nSPS) is 10.9. The van der Waals surface area contributed by atoms with Crippen LogP contribution in [0, 0.1) is 20.8 Å². The van der Waals surface area contributed by atoms with E-state index >= 15 is 0 Å². The number of rotatable bonds is 8. The van der Waals surface area contributed by atoms with Gasteiger partial charge in [-0.2, -0.15) is 5.10 Å². The highest BCUT2D eigenvalue weighted by Gasteiger charge is 2.17. The quantitative estimate of drug-likeness (QED) is 0.349. The van der Waals surface area contributed by atoms with Crippen molar-refractivity contribution in [3.63, 3.8) is 0 Å². The largest absolute Gasteiger partial charge is 0.426 e. The molecule has 0 aliphatic carbocycles. The van der Waals surface area contributed by atoms with Crippen molar-refractivity contribution in [1.82, 2.24) is 25.1 Å². The van der Waals surface area contributed by atoms with Gasteiger partial charge in [0.1, 0.15) is 11.6 Å². The maximum absolute atomic E-state index is 12.7. The van der Waals surface area contributed by atoms with Crippen LogP contribution in [0.1, 0.15) is 51.6 Å². The minimum absolute atomic E-state index is 0.0553. The van der Waals surface area contributed by atoms with Crippen molar-refractivity contribution in [2.75, 3.05) is 18.5 Å². The SMILES string of the molecule is CCN(CC)C(=O)c1ccc(C)c(Oc2ccc(C(=O)NNc3cc(C)c4c(C)nn(C)c4n3)o2)c1. The second-order valence-corrected chi connectivity index (χ2v) is 8.49. The van der Waals surface area contributed by atoms with Crippen LogP contribution in [0.15, 0.2) is 40.8 Å². The summed E-state index contributed by atoms with van der Waals surface area (Å²) in [4.78, 5) is 31.6. The van der Waals surface area contributed by atoms with E-state index in [0.29, 0.717) is 30.2 Å². The monoisotopic (exact) mass is 490 g/mol. The van der Waals surface area contributed by atoms with Gasteiger partial charge >= 0.3 is 5.91 Å². The number of hydrogen-bond acceptors (Lipinski definition) is 7. The second-order valence-electron chi connectivity index (χ2n) is 8.49. The zero-order chi connectivity index (χ0) is 26.0. The summed E-state index contributed by atoms with van der Waals surface area (Å²) in [5.41, 5.74) is 9.38. The van der Waals surface area contributed by atoms with E-state index in [1.165, 1.54) is 6.07 Å². The summed E-state index contributed by atoms with van der Waals surface area (Å²) in [5, 5.41) is 5.39. The van der Waals surface area contributed by atoms with Crippen molar-refractivity contribution < 1.29 is 18.7 Å². The number of aromatic nitrogens is 3. The molecule has 1 aromatic carbocycles.